The zero-order valence-corrected chi connectivity index (χ0v) is 11.0. The molecule has 1 aromatic carbocycles. The van der Waals surface area contributed by atoms with Gasteiger partial charge in [-0.05, 0) is 44.1 Å². The van der Waals surface area contributed by atoms with E-state index in [0.717, 1.165) is 19.6 Å². The molecule has 0 atom stereocenters. The molecule has 3 N–H and O–H groups in total. The van der Waals surface area contributed by atoms with Gasteiger partial charge in [-0.1, -0.05) is 6.42 Å². The van der Waals surface area contributed by atoms with Crippen LogP contribution in [0, 0.1) is 0 Å². The molecular formula is C14H20N2O3. The predicted molar refractivity (Wildman–Crippen MR) is 73.6 cm³/mol. The number of likely N-dealkylation sites (tertiary alicyclic amines) is 1. The van der Waals surface area contributed by atoms with Crippen LogP contribution in [0.4, 0.5) is 5.69 Å². The van der Waals surface area contributed by atoms with E-state index in [1.54, 1.807) is 6.07 Å². The number of carbonyl (C=O) groups is 1. The molecule has 1 aliphatic rings. The number of hydrogen-bond donors (Lipinski definition) is 2. The smallest absolute Gasteiger partial charge is 0.335 e. The van der Waals surface area contributed by atoms with Gasteiger partial charge in [0, 0.05) is 6.54 Å². The molecule has 0 unspecified atom stereocenters. The van der Waals surface area contributed by atoms with Gasteiger partial charge in [0.25, 0.3) is 0 Å². The lowest BCUT2D eigenvalue weighted by molar-refractivity contribution is 0.0696. The summed E-state index contributed by atoms with van der Waals surface area (Å²) in [6.07, 6.45) is 3.80. The minimum Gasteiger partial charge on any atom is -0.490 e. The third-order valence-electron chi connectivity index (χ3n) is 3.37. The van der Waals surface area contributed by atoms with Crippen LogP contribution in [0.15, 0.2) is 18.2 Å². The average molecular weight is 264 g/mol. The summed E-state index contributed by atoms with van der Waals surface area (Å²) in [7, 11) is 0. The molecule has 5 nitrogen and oxygen atoms in total. The molecule has 1 aromatic rings. The maximum atomic E-state index is 10.9. The third-order valence-corrected chi connectivity index (χ3v) is 3.37. The first-order valence-electron chi connectivity index (χ1n) is 6.65. The van der Waals surface area contributed by atoms with Crippen molar-refractivity contribution in [3.05, 3.63) is 23.8 Å². The fourth-order valence-electron chi connectivity index (χ4n) is 2.26. The van der Waals surface area contributed by atoms with E-state index in [2.05, 4.69) is 4.90 Å². The van der Waals surface area contributed by atoms with Crippen molar-refractivity contribution in [2.75, 3.05) is 32.0 Å². The number of nitrogen functional groups attached to an aromatic ring is 1. The molecule has 0 radical (unpaired) electrons. The summed E-state index contributed by atoms with van der Waals surface area (Å²) in [6.45, 7) is 3.63. The number of piperidine rings is 1. The minimum atomic E-state index is -0.971. The number of carboxylic acids is 1. The Morgan fingerprint density at radius 3 is 2.74 bits per heavy atom. The number of hydrogen-bond acceptors (Lipinski definition) is 4. The van der Waals surface area contributed by atoms with Gasteiger partial charge >= 0.3 is 5.97 Å². The number of aromatic carboxylic acids is 1. The standard InChI is InChI=1S/C14H20N2O3/c15-12-5-4-11(14(17)18)10-13(12)19-9-8-16-6-2-1-3-7-16/h4-5,10H,1-3,6-9,15H2,(H,17,18). The SMILES string of the molecule is Nc1ccc(C(=O)O)cc1OCCN1CCCCC1. The van der Waals surface area contributed by atoms with Gasteiger partial charge in [-0.3, -0.25) is 4.90 Å². The van der Waals surface area contributed by atoms with E-state index in [0.29, 0.717) is 18.0 Å². The van der Waals surface area contributed by atoms with Crippen LogP contribution >= 0.6 is 0 Å². The highest BCUT2D eigenvalue weighted by atomic mass is 16.5. The molecule has 0 aliphatic carbocycles. The predicted octanol–water partition coefficient (Wildman–Crippen LogP) is 1.83. The second-order valence-corrected chi connectivity index (χ2v) is 4.81. The van der Waals surface area contributed by atoms with Gasteiger partial charge in [0.05, 0.1) is 11.3 Å². The number of benzene rings is 1. The van der Waals surface area contributed by atoms with Gasteiger partial charge in [0.1, 0.15) is 12.4 Å². The van der Waals surface area contributed by atoms with Gasteiger partial charge < -0.3 is 15.6 Å². The molecule has 104 valence electrons. The van der Waals surface area contributed by atoms with Crippen LogP contribution in [0.3, 0.4) is 0 Å². The summed E-state index contributed by atoms with van der Waals surface area (Å²) in [5.74, 6) is -0.516. The number of ether oxygens (including phenoxy) is 1. The van der Waals surface area contributed by atoms with Crippen LogP contribution in [-0.2, 0) is 0 Å². The van der Waals surface area contributed by atoms with Crippen molar-refractivity contribution in [3.63, 3.8) is 0 Å². The van der Waals surface area contributed by atoms with Crippen molar-refractivity contribution in [1.82, 2.24) is 4.90 Å². The molecule has 0 aromatic heterocycles. The van der Waals surface area contributed by atoms with Crippen molar-refractivity contribution in [3.8, 4) is 5.75 Å². The highest BCUT2D eigenvalue weighted by Gasteiger charge is 2.11. The quantitative estimate of drug-likeness (QED) is 0.793. The van der Waals surface area contributed by atoms with Crippen LogP contribution in [0.1, 0.15) is 29.6 Å². The molecule has 0 saturated carbocycles. The van der Waals surface area contributed by atoms with E-state index in [9.17, 15) is 4.79 Å². The maximum Gasteiger partial charge on any atom is 0.335 e. The van der Waals surface area contributed by atoms with Crippen molar-refractivity contribution in [2.45, 2.75) is 19.3 Å². The van der Waals surface area contributed by atoms with Crippen molar-refractivity contribution in [2.24, 2.45) is 0 Å². The summed E-state index contributed by atoms with van der Waals surface area (Å²) < 4.78 is 5.60. The molecule has 0 amide bonds. The Hall–Kier alpha value is -1.75. The number of nitrogens with zero attached hydrogens (tertiary/aromatic N) is 1. The van der Waals surface area contributed by atoms with Gasteiger partial charge in [-0.25, -0.2) is 4.79 Å². The number of carboxylic acid groups (broad SMARTS) is 1. The molecule has 1 heterocycles. The molecule has 1 aliphatic heterocycles. The van der Waals surface area contributed by atoms with Crippen LogP contribution in [0.5, 0.6) is 5.75 Å². The Balaban J connectivity index is 1.87. The Kier molecular flexibility index (Phi) is 4.63. The summed E-state index contributed by atoms with van der Waals surface area (Å²) in [5, 5.41) is 8.92. The Bertz CT molecular complexity index is 442. The number of nitrogens with two attached hydrogens (primary N) is 1. The molecule has 0 bridgehead atoms. The third kappa shape index (κ3) is 3.86. The molecular weight excluding hydrogens is 244 g/mol. The van der Waals surface area contributed by atoms with Gasteiger partial charge in [-0.2, -0.15) is 0 Å². The molecule has 1 saturated heterocycles. The summed E-state index contributed by atoms with van der Waals surface area (Å²) >= 11 is 0. The van der Waals surface area contributed by atoms with Crippen molar-refractivity contribution < 1.29 is 14.6 Å². The molecule has 2 rings (SSSR count). The van der Waals surface area contributed by atoms with Gasteiger partial charge in [-0.15, -0.1) is 0 Å². The Labute approximate surface area is 113 Å². The highest BCUT2D eigenvalue weighted by Crippen LogP contribution is 2.22. The average Bonchev–Trinajstić information content (AvgIpc) is 2.42. The second-order valence-electron chi connectivity index (χ2n) is 4.81. The fraction of sp³-hybridized carbons (Fsp3) is 0.500. The molecule has 0 spiro atoms. The maximum absolute atomic E-state index is 10.9. The van der Waals surface area contributed by atoms with Crippen LogP contribution in [0.25, 0.3) is 0 Å². The van der Waals surface area contributed by atoms with Gasteiger partial charge in [0.15, 0.2) is 0 Å². The van der Waals surface area contributed by atoms with E-state index >= 15 is 0 Å². The monoisotopic (exact) mass is 264 g/mol. The normalized spacial score (nSPS) is 16.2. The first-order valence-corrected chi connectivity index (χ1v) is 6.65. The lowest BCUT2D eigenvalue weighted by Crippen LogP contribution is -2.33. The van der Waals surface area contributed by atoms with E-state index in [4.69, 9.17) is 15.6 Å². The van der Waals surface area contributed by atoms with E-state index < -0.39 is 5.97 Å². The highest BCUT2D eigenvalue weighted by molar-refractivity contribution is 5.89. The molecule has 5 heteroatoms. The molecule has 19 heavy (non-hydrogen) atoms. The Morgan fingerprint density at radius 1 is 1.32 bits per heavy atom. The first kappa shape index (κ1) is 13.7. The lowest BCUT2D eigenvalue weighted by atomic mass is 10.1. The van der Waals surface area contributed by atoms with Crippen LogP contribution in [-0.4, -0.2) is 42.2 Å². The van der Waals surface area contributed by atoms with Gasteiger partial charge in [0.2, 0.25) is 0 Å². The summed E-state index contributed by atoms with van der Waals surface area (Å²) in [4.78, 5) is 13.2. The molecule has 1 fully saturated rings. The van der Waals surface area contributed by atoms with Crippen molar-refractivity contribution in [1.29, 1.82) is 0 Å². The lowest BCUT2D eigenvalue weighted by Gasteiger charge is -2.26. The summed E-state index contributed by atoms with van der Waals surface area (Å²) in [5.41, 5.74) is 6.45. The van der Waals surface area contributed by atoms with E-state index in [-0.39, 0.29) is 5.56 Å². The van der Waals surface area contributed by atoms with E-state index in [1.165, 1.54) is 31.4 Å². The fourth-order valence-corrected chi connectivity index (χ4v) is 2.26. The zero-order chi connectivity index (χ0) is 13.7. The van der Waals surface area contributed by atoms with Crippen LogP contribution < -0.4 is 10.5 Å². The zero-order valence-electron chi connectivity index (χ0n) is 11.0. The summed E-state index contributed by atoms with van der Waals surface area (Å²) in [6, 6.07) is 4.53. The minimum absolute atomic E-state index is 0.196. The number of anilines is 1. The topological polar surface area (TPSA) is 75.8 Å². The van der Waals surface area contributed by atoms with Crippen LogP contribution in [0.2, 0.25) is 0 Å². The number of rotatable bonds is 5. The van der Waals surface area contributed by atoms with E-state index in [1.807, 2.05) is 0 Å². The largest absolute Gasteiger partial charge is 0.490 e. The second kappa shape index (κ2) is 6.43. The first-order chi connectivity index (χ1) is 9.16. The van der Waals surface area contributed by atoms with Crippen molar-refractivity contribution >= 4 is 11.7 Å². The Morgan fingerprint density at radius 2 is 2.05 bits per heavy atom.